The van der Waals surface area contributed by atoms with Crippen LogP contribution in [0, 0.1) is 17.5 Å². The Balaban J connectivity index is 1.45. The second kappa shape index (κ2) is 12.7. The zero-order valence-electron chi connectivity index (χ0n) is 22.9. The fourth-order valence-electron chi connectivity index (χ4n) is 4.36. The maximum atomic E-state index is 14.8. The Hall–Kier alpha value is -3.59. The van der Waals surface area contributed by atoms with Crippen molar-refractivity contribution in [2.45, 2.75) is 24.7 Å². The fraction of sp³-hybridized carbons (Fsp3) is 0.321. The zero-order chi connectivity index (χ0) is 29.9. The fourth-order valence-corrected chi connectivity index (χ4v) is 6.62. The molecule has 4 aromatic rings. The molecule has 9 nitrogen and oxygen atoms in total. The van der Waals surface area contributed by atoms with Crippen LogP contribution in [0.15, 0.2) is 53.6 Å². The van der Waals surface area contributed by atoms with E-state index in [1.807, 2.05) is 18.6 Å². The molecule has 2 N–H and O–H groups in total. The van der Waals surface area contributed by atoms with Gasteiger partial charge in [0.15, 0.2) is 4.90 Å². The summed E-state index contributed by atoms with van der Waals surface area (Å²) in [5, 5.41) is 4.04. The highest BCUT2D eigenvalue weighted by molar-refractivity contribution is 7.92. The van der Waals surface area contributed by atoms with Gasteiger partial charge in [-0.15, -0.1) is 11.3 Å². The topological polar surface area (TPSA) is 109 Å². The number of sulfonamides is 1. The second-order valence-electron chi connectivity index (χ2n) is 9.88. The molecule has 0 bridgehead atoms. The average molecular weight is 619 g/mol. The van der Waals surface area contributed by atoms with Gasteiger partial charge >= 0.3 is 0 Å². The van der Waals surface area contributed by atoms with Crippen molar-refractivity contribution in [2.24, 2.45) is 0 Å². The lowest BCUT2D eigenvalue weighted by Crippen LogP contribution is -2.39. The molecule has 14 heteroatoms. The monoisotopic (exact) mass is 618 g/mol. The summed E-state index contributed by atoms with van der Waals surface area (Å²) in [5.41, 5.74) is 0.951. The first-order valence-electron chi connectivity index (χ1n) is 13.3. The molecule has 0 atom stereocenters. The molecule has 1 saturated heterocycles. The van der Waals surface area contributed by atoms with E-state index >= 15 is 0 Å². The lowest BCUT2D eigenvalue weighted by atomic mass is 10.1. The minimum absolute atomic E-state index is 0.0675. The number of halogens is 3. The van der Waals surface area contributed by atoms with Crippen LogP contribution in [-0.4, -0.2) is 67.7 Å². The highest BCUT2D eigenvalue weighted by Gasteiger charge is 2.26. The van der Waals surface area contributed by atoms with Crippen molar-refractivity contribution in [3.05, 3.63) is 71.1 Å². The number of ether oxygens (including phenoxy) is 1. The van der Waals surface area contributed by atoms with Gasteiger partial charge in [0.05, 0.1) is 40.2 Å². The first-order chi connectivity index (χ1) is 20.1. The number of nitrogens with one attached hydrogen (secondary N) is 2. The molecule has 3 heterocycles. The Morgan fingerprint density at radius 3 is 2.48 bits per heavy atom. The first-order valence-corrected chi connectivity index (χ1v) is 15.6. The minimum atomic E-state index is -4.79. The molecule has 222 valence electrons. The smallest absolute Gasteiger partial charge is 0.267 e. The van der Waals surface area contributed by atoms with Gasteiger partial charge in [-0.25, -0.2) is 36.5 Å². The number of anilines is 2. The maximum absolute atomic E-state index is 14.8. The number of hydrogen-bond donors (Lipinski definition) is 2. The van der Waals surface area contributed by atoms with Crippen LogP contribution in [0.4, 0.5) is 24.8 Å². The molecule has 2 aromatic heterocycles. The van der Waals surface area contributed by atoms with E-state index in [1.165, 1.54) is 23.5 Å². The molecule has 0 spiro atoms. The number of aromatic nitrogens is 3. The van der Waals surface area contributed by atoms with E-state index in [0.29, 0.717) is 47.5 Å². The lowest BCUT2D eigenvalue weighted by molar-refractivity contribution is 0.0398. The van der Waals surface area contributed by atoms with Crippen molar-refractivity contribution in [3.8, 4) is 21.8 Å². The van der Waals surface area contributed by atoms with Crippen LogP contribution in [0.2, 0.25) is 0 Å². The van der Waals surface area contributed by atoms with E-state index in [4.69, 9.17) is 9.72 Å². The van der Waals surface area contributed by atoms with Crippen LogP contribution in [0.3, 0.4) is 0 Å². The Morgan fingerprint density at radius 2 is 1.76 bits per heavy atom. The molecule has 0 amide bonds. The van der Waals surface area contributed by atoms with E-state index in [2.05, 4.69) is 20.2 Å². The van der Waals surface area contributed by atoms with Gasteiger partial charge in [-0.05, 0) is 36.4 Å². The second-order valence-corrected chi connectivity index (χ2v) is 12.5. The average Bonchev–Trinajstić information content (AvgIpc) is 3.41. The molecule has 0 aliphatic carbocycles. The number of thiazole rings is 1. The van der Waals surface area contributed by atoms with Crippen molar-refractivity contribution in [2.75, 3.05) is 49.4 Å². The number of rotatable bonds is 10. The molecule has 1 aliphatic rings. The SMILES string of the molecule is CC(C)c1nc(-c2ccc(F)c(NS(=O)(=O)c3c(F)cccc3F)c2)c(-c2ccnc(NCCN3CCOCC3)n2)s1. The van der Waals surface area contributed by atoms with Crippen LogP contribution in [0.1, 0.15) is 24.8 Å². The Kier molecular flexibility index (Phi) is 9.06. The molecule has 5 rings (SSSR count). The largest absolute Gasteiger partial charge is 0.379 e. The summed E-state index contributed by atoms with van der Waals surface area (Å²) in [6.45, 7) is 8.59. The number of benzene rings is 2. The summed E-state index contributed by atoms with van der Waals surface area (Å²) >= 11 is 1.41. The summed E-state index contributed by atoms with van der Waals surface area (Å²) in [5.74, 6) is -3.00. The van der Waals surface area contributed by atoms with Crippen LogP contribution in [-0.2, 0) is 14.8 Å². The van der Waals surface area contributed by atoms with E-state index in [9.17, 15) is 21.6 Å². The Bertz CT molecular complexity index is 1660. The molecule has 0 saturated carbocycles. The number of nitrogens with zero attached hydrogens (tertiary/aromatic N) is 4. The van der Waals surface area contributed by atoms with Gasteiger partial charge < -0.3 is 10.1 Å². The summed E-state index contributed by atoms with van der Waals surface area (Å²) < 4.78 is 76.4. The Morgan fingerprint density at radius 1 is 1.02 bits per heavy atom. The van der Waals surface area contributed by atoms with Crippen LogP contribution in [0.5, 0.6) is 0 Å². The third kappa shape index (κ3) is 6.72. The summed E-state index contributed by atoms with van der Waals surface area (Å²) in [6.07, 6.45) is 1.63. The normalized spacial score (nSPS) is 14.3. The molecule has 1 fully saturated rings. The molecular formula is C28H29F3N6O3S2. The molecule has 42 heavy (non-hydrogen) atoms. The van der Waals surface area contributed by atoms with Crippen LogP contribution >= 0.6 is 11.3 Å². The summed E-state index contributed by atoms with van der Waals surface area (Å²) in [7, 11) is -4.79. The molecule has 2 aromatic carbocycles. The van der Waals surface area contributed by atoms with Gasteiger partial charge in [0, 0.05) is 43.9 Å². The predicted molar refractivity (Wildman–Crippen MR) is 156 cm³/mol. The van der Waals surface area contributed by atoms with Gasteiger partial charge in [0.25, 0.3) is 10.0 Å². The Labute approximate surface area is 245 Å². The summed E-state index contributed by atoms with van der Waals surface area (Å²) in [6, 6.07) is 8.18. The van der Waals surface area contributed by atoms with Crippen molar-refractivity contribution in [3.63, 3.8) is 0 Å². The predicted octanol–water partition coefficient (Wildman–Crippen LogP) is 5.35. The molecule has 0 unspecified atom stereocenters. The van der Waals surface area contributed by atoms with E-state index in [-0.39, 0.29) is 5.92 Å². The van der Waals surface area contributed by atoms with Gasteiger partial charge in [0.1, 0.15) is 17.5 Å². The first kappa shape index (κ1) is 29.9. The zero-order valence-corrected chi connectivity index (χ0v) is 24.5. The van der Waals surface area contributed by atoms with E-state index < -0.39 is 38.1 Å². The van der Waals surface area contributed by atoms with Crippen LogP contribution < -0.4 is 10.0 Å². The van der Waals surface area contributed by atoms with E-state index in [1.54, 1.807) is 12.3 Å². The van der Waals surface area contributed by atoms with Gasteiger partial charge in [-0.1, -0.05) is 19.9 Å². The quantitative estimate of drug-likeness (QED) is 0.245. The highest BCUT2D eigenvalue weighted by Crippen LogP contribution is 2.39. The maximum Gasteiger partial charge on any atom is 0.267 e. The third-order valence-electron chi connectivity index (χ3n) is 6.51. The number of morpholine rings is 1. The van der Waals surface area contributed by atoms with E-state index in [0.717, 1.165) is 48.9 Å². The third-order valence-corrected chi connectivity index (χ3v) is 9.31. The molecule has 1 aliphatic heterocycles. The lowest BCUT2D eigenvalue weighted by Gasteiger charge is -2.26. The van der Waals surface area contributed by atoms with Gasteiger partial charge in [-0.3, -0.25) is 9.62 Å². The van der Waals surface area contributed by atoms with Crippen molar-refractivity contribution < 1.29 is 26.3 Å². The highest BCUT2D eigenvalue weighted by atomic mass is 32.2. The van der Waals surface area contributed by atoms with Gasteiger partial charge in [-0.2, -0.15) is 0 Å². The summed E-state index contributed by atoms with van der Waals surface area (Å²) in [4.78, 5) is 15.5. The van der Waals surface area contributed by atoms with Crippen LogP contribution in [0.25, 0.3) is 21.8 Å². The number of hydrogen-bond acceptors (Lipinski definition) is 9. The van der Waals surface area contributed by atoms with Crippen molar-refractivity contribution in [1.82, 2.24) is 19.9 Å². The van der Waals surface area contributed by atoms with Crippen molar-refractivity contribution in [1.29, 1.82) is 0 Å². The molecule has 0 radical (unpaired) electrons. The van der Waals surface area contributed by atoms with Gasteiger partial charge in [0.2, 0.25) is 5.95 Å². The van der Waals surface area contributed by atoms with Crippen molar-refractivity contribution >= 4 is 33.0 Å². The molecular weight excluding hydrogens is 589 g/mol. The standard InChI is InChI=1S/C28H29F3N6O3S2/c1-17(2)27-35-24(25(41-27)22-8-9-32-28(34-22)33-10-11-37-12-14-40-15-13-37)18-6-7-19(29)23(16-18)36-42(38,39)26-20(30)4-3-5-21(26)31/h3-9,16-17,36H,10-15H2,1-2H3,(H,32,33,34). The minimum Gasteiger partial charge on any atom is -0.379 e.